The van der Waals surface area contributed by atoms with Gasteiger partial charge in [-0.15, -0.1) is 0 Å². The largest absolute Gasteiger partial charge is 0.484 e. The van der Waals surface area contributed by atoms with Gasteiger partial charge >= 0.3 is 6.18 Å². The molecule has 0 unspecified atom stereocenters. The van der Waals surface area contributed by atoms with Gasteiger partial charge in [-0.1, -0.05) is 30.3 Å². The molecule has 1 heterocycles. The van der Waals surface area contributed by atoms with E-state index in [0.29, 0.717) is 31.7 Å². The lowest BCUT2D eigenvalue weighted by molar-refractivity contribution is -0.153. The molecule has 3 rings (SSSR count). The monoisotopic (exact) mass is 379 g/mol. The average Bonchev–Trinajstić information content (AvgIpc) is 2.68. The minimum absolute atomic E-state index is 0.0918. The standard InChI is InChI=1S/C20H20F3NO3/c21-20(22,23)14-27-17-8-6-16(7-9-17)24-18(25)19(10-12-26-13-11-19)15-4-2-1-3-5-15/h1-9H,10-14H2,(H,24,25). The van der Waals surface area contributed by atoms with Crippen LogP contribution in [0, 0.1) is 0 Å². The van der Waals surface area contributed by atoms with Gasteiger partial charge in [0.25, 0.3) is 0 Å². The Morgan fingerprint density at radius 1 is 1.04 bits per heavy atom. The molecule has 0 radical (unpaired) electrons. The zero-order valence-electron chi connectivity index (χ0n) is 14.6. The second kappa shape index (κ2) is 8.00. The first kappa shape index (κ1) is 19.2. The van der Waals surface area contributed by atoms with Crippen molar-refractivity contribution in [2.24, 2.45) is 0 Å². The van der Waals surface area contributed by atoms with Gasteiger partial charge in [0.15, 0.2) is 6.61 Å². The lowest BCUT2D eigenvalue weighted by Gasteiger charge is -2.36. The van der Waals surface area contributed by atoms with Crippen LogP contribution in [0.2, 0.25) is 0 Å². The summed E-state index contributed by atoms with van der Waals surface area (Å²) < 4.78 is 46.7. The Balaban J connectivity index is 1.72. The fraction of sp³-hybridized carbons (Fsp3) is 0.350. The summed E-state index contributed by atoms with van der Waals surface area (Å²) in [6, 6.07) is 15.4. The number of anilines is 1. The number of hydrogen-bond acceptors (Lipinski definition) is 3. The summed E-state index contributed by atoms with van der Waals surface area (Å²) in [5.41, 5.74) is 0.738. The van der Waals surface area contributed by atoms with Gasteiger partial charge in [-0.05, 0) is 42.7 Å². The number of rotatable bonds is 5. The first-order valence-corrected chi connectivity index (χ1v) is 8.63. The van der Waals surface area contributed by atoms with Gasteiger partial charge in [0.05, 0.1) is 5.41 Å². The quantitative estimate of drug-likeness (QED) is 0.842. The molecule has 0 bridgehead atoms. The van der Waals surface area contributed by atoms with E-state index < -0.39 is 18.2 Å². The lowest BCUT2D eigenvalue weighted by Crippen LogP contribution is -2.44. The van der Waals surface area contributed by atoms with Crippen molar-refractivity contribution in [3.63, 3.8) is 0 Å². The van der Waals surface area contributed by atoms with Crippen molar-refractivity contribution >= 4 is 11.6 Å². The Morgan fingerprint density at radius 2 is 1.67 bits per heavy atom. The van der Waals surface area contributed by atoms with E-state index in [0.717, 1.165) is 5.56 Å². The van der Waals surface area contributed by atoms with E-state index in [4.69, 9.17) is 4.74 Å². The number of carbonyl (C=O) groups excluding carboxylic acids is 1. The summed E-state index contributed by atoms with van der Waals surface area (Å²) in [6.45, 7) is -0.366. The van der Waals surface area contributed by atoms with Crippen LogP contribution in [0.25, 0.3) is 0 Å². The molecule has 4 nitrogen and oxygen atoms in total. The Morgan fingerprint density at radius 3 is 2.26 bits per heavy atom. The van der Waals surface area contributed by atoms with E-state index in [-0.39, 0.29) is 11.7 Å². The van der Waals surface area contributed by atoms with Crippen molar-refractivity contribution in [1.82, 2.24) is 0 Å². The van der Waals surface area contributed by atoms with Crippen molar-refractivity contribution in [2.75, 3.05) is 25.1 Å². The predicted octanol–water partition coefficient (Wildman–Crippen LogP) is 4.31. The van der Waals surface area contributed by atoms with Crippen LogP contribution < -0.4 is 10.1 Å². The number of carbonyl (C=O) groups is 1. The van der Waals surface area contributed by atoms with Crippen molar-refractivity contribution in [3.8, 4) is 5.75 Å². The molecule has 1 amide bonds. The number of hydrogen-bond donors (Lipinski definition) is 1. The molecule has 144 valence electrons. The fourth-order valence-electron chi connectivity index (χ4n) is 3.17. The number of benzene rings is 2. The highest BCUT2D eigenvalue weighted by atomic mass is 19.4. The third-order valence-electron chi connectivity index (χ3n) is 4.62. The van der Waals surface area contributed by atoms with Crippen LogP contribution in [0.15, 0.2) is 54.6 Å². The Kier molecular flexibility index (Phi) is 5.70. The summed E-state index contributed by atoms with van der Waals surface area (Å²) in [5, 5.41) is 2.88. The van der Waals surface area contributed by atoms with Gasteiger partial charge in [0, 0.05) is 18.9 Å². The van der Waals surface area contributed by atoms with E-state index in [1.54, 1.807) is 0 Å². The number of halogens is 3. The molecule has 1 aliphatic rings. The van der Waals surface area contributed by atoms with Crippen molar-refractivity contribution < 1.29 is 27.4 Å². The van der Waals surface area contributed by atoms with Crippen molar-refractivity contribution in [3.05, 3.63) is 60.2 Å². The maximum atomic E-state index is 13.1. The molecule has 1 fully saturated rings. The van der Waals surface area contributed by atoms with Gasteiger partial charge in [-0.2, -0.15) is 13.2 Å². The molecule has 0 aliphatic carbocycles. The summed E-state index contributed by atoms with van der Waals surface area (Å²) in [7, 11) is 0. The smallest absolute Gasteiger partial charge is 0.422 e. The maximum absolute atomic E-state index is 13.1. The van der Waals surface area contributed by atoms with Crippen molar-refractivity contribution in [2.45, 2.75) is 24.4 Å². The van der Waals surface area contributed by atoms with Gasteiger partial charge < -0.3 is 14.8 Å². The Hall–Kier alpha value is -2.54. The minimum atomic E-state index is -4.39. The van der Waals surface area contributed by atoms with Crippen LogP contribution >= 0.6 is 0 Å². The third-order valence-corrected chi connectivity index (χ3v) is 4.62. The minimum Gasteiger partial charge on any atom is -0.484 e. The lowest BCUT2D eigenvalue weighted by atomic mass is 9.73. The second-order valence-corrected chi connectivity index (χ2v) is 6.44. The molecule has 1 saturated heterocycles. The molecular formula is C20H20F3NO3. The molecule has 1 aliphatic heterocycles. The van der Waals surface area contributed by atoms with E-state index in [9.17, 15) is 18.0 Å². The zero-order chi connectivity index (χ0) is 19.3. The van der Waals surface area contributed by atoms with Gasteiger partial charge in [0.1, 0.15) is 5.75 Å². The van der Waals surface area contributed by atoms with Gasteiger partial charge in [-0.25, -0.2) is 0 Å². The van der Waals surface area contributed by atoms with Crippen LogP contribution in [0.1, 0.15) is 18.4 Å². The molecule has 0 spiro atoms. The molecule has 0 saturated carbocycles. The number of alkyl halides is 3. The maximum Gasteiger partial charge on any atom is 0.422 e. The average molecular weight is 379 g/mol. The molecule has 0 aromatic heterocycles. The Labute approximate surface area is 155 Å². The first-order valence-electron chi connectivity index (χ1n) is 8.63. The van der Waals surface area contributed by atoms with Crippen LogP contribution in [-0.4, -0.2) is 31.9 Å². The van der Waals surface area contributed by atoms with Crippen LogP contribution in [0.4, 0.5) is 18.9 Å². The van der Waals surface area contributed by atoms with Crippen LogP contribution in [0.5, 0.6) is 5.75 Å². The van der Waals surface area contributed by atoms with Gasteiger partial charge in [-0.3, -0.25) is 4.79 Å². The molecule has 7 heteroatoms. The number of amides is 1. The van der Waals surface area contributed by atoms with Crippen LogP contribution in [-0.2, 0) is 14.9 Å². The van der Waals surface area contributed by atoms with E-state index >= 15 is 0 Å². The molecule has 1 N–H and O–H groups in total. The summed E-state index contributed by atoms with van der Waals surface area (Å²) in [5.74, 6) is -0.0601. The third kappa shape index (κ3) is 4.80. The molecule has 27 heavy (non-hydrogen) atoms. The topological polar surface area (TPSA) is 47.6 Å². The van der Waals surface area contributed by atoms with Crippen LogP contribution in [0.3, 0.4) is 0 Å². The highest BCUT2D eigenvalue weighted by Gasteiger charge is 2.41. The normalized spacial score (nSPS) is 16.6. The molecule has 0 atom stereocenters. The van der Waals surface area contributed by atoms with E-state index in [2.05, 4.69) is 10.1 Å². The summed E-state index contributed by atoms with van der Waals surface area (Å²) >= 11 is 0. The number of nitrogens with one attached hydrogen (secondary N) is 1. The first-order chi connectivity index (χ1) is 12.9. The van der Waals surface area contributed by atoms with Gasteiger partial charge in [0.2, 0.25) is 5.91 Å². The van der Waals surface area contributed by atoms with E-state index in [1.807, 2.05) is 30.3 Å². The zero-order valence-corrected chi connectivity index (χ0v) is 14.6. The second-order valence-electron chi connectivity index (χ2n) is 6.44. The molecule has 2 aromatic carbocycles. The fourth-order valence-corrected chi connectivity index (χ4v) is 3.17. The van der Waals surface area contributed by atoms with E-state index in [1.165, 1.54) is 24.3 Å². The Bertz CT molecular complexity index is 754. The number of ether oxygens (including phenoxy) is 2. The molecular weight excluding hydrogens is 359 g/mol. The highest BCUT2D eigenvalue weighted by molar-refractivity contribution is 5.99. The highest BCUT2D eigenvalue weighted by Crippen LogP contribution is 2.36. The summed E-state index contributed by atoms with van der Waals surface area (Å²) in [4.78, 5) is 13.1. The van der Waals surface area contributed by atoms with Crippen molar-refractivity contribution in [1.29, 1.82) is 0 Å². The molecule has 2 aromatic rings. The SMILES string of the molecule is O=C(Nc1ccc(OCC(F)(F)F)cc1)C1(c2ccccc2)CCOCC1. The predicted molar refractivity (Wildman–Crippen MR) is 94.8 cm³/mol. The summed E-state index contributed by atoms with van der Waals surface area (Å²) in [6.07, 6.45) is -3.26.